The number of unbranched alkanes of at least 4 members (excludes halogenated alkanes) is 1. The topological polar surface area (TPSA) is 491 Å². The van der Waals surface area contributed by atoms with Crippen LogP contribution in [0.4, 0.5) is 5.69 Å². The van der Waals surface area contributed by atoms with Gasteiger partial charge in [0.15, 0.2) is 22.5 Å². The van der Waals surface area contributed by atoms with Gasteiger partial charge in [-0.25, -0.2) is 0 Å². The van der Waals surface area contributed by atoms with Gasteiger partial charge in [0.05, 0.1) is 74.3 Å². The molecule has 0 unspecified atom stereocenters. The molecule has 7 amide bonds. The molecule has 2 aliphatic rings. The third-order valence-electron chi connectivity index (χ3n) is 19.5. The monoisotopic (exact) mass is 1590 g/mol. The number of hydrogen-bond acceptors (Lipinski definition) is 23. The lowest BCUT2D eigenvalue weighted by Gasteiger charge is -2.38. The van der Waals surface area contributed by atoms with E-state index in [4.69, 9.17) is 35.2 Å². The van der Waals surface area contributed by atoms with E-state index in [0.717, 1.165) is 27.2 Å². The molecule has 602 valence electrons. The molecule has 19 N–H and O–H groups in total. The number of aliphatic hydroxyl groups is 2. The summed E-state index contributed by atoms with van der Waals surface area (Å²) in [5, 5.41) is 60.4. The Labute approximate surface area is 658 Å². The lowest BCUT2D eigenvalue weighted by atomic mass is 9.90. The van der Waals surface area contributed by atoms with E-state index in [2.05, 4.69) is 36.9 Å². The number of anilines is 1. The summed E-state index contributed by atoms with van der Waals surface area (Å²) >= 11 is 5.95. The number of phenolic OH excluding ortho intramolecular Hbond substituents is 1. The normalized spacial score (nSPS) is 21.6. The molecule has 7 rings (SSSR count). The number of aromatic amines is 1. The molecule has 2 aliphatic heterocycles. The number of aliphatic hydroxyl groups excluding tert-OH is 2. The SMILES string of the molecule is CC(=O)CN1CCN(CC(N)=O)CCN(CC(N)=O)[C@@H](Cc2ccc(NC(=S)N[C@H](Cc3ccccc3)C(=O)C[C@H]3CSSC[C@@H](C(=O)C[C@H](C(=O)O)[C@@H](C)O)NC(=O)[C@H]([C@@H](C)O)CC(=O)[C@H](CCCCN)NC(=O)[C@@H](Cc4c[nH]c5ccccc45)NC(=O)[C@H](Cc4ccc(O)cc4)NC3=O)cc2)CN(CC(N)=O)CC1. The van der Waals surface area contributed by atoms with Gasteiger partial charge in [-0.2, -0.15) is 0 Å². The molecule has 2 fully saturated rings. The number of primary amides is 3. The van der Waals surface area contributed by atoms with Crippen LogP contribution in [0.2, 0.25) is 0 Å². The summed E-state index contributed by atoms with van der Waals surface area (Å²) in [4.78, 5) is 178. The van der Waals surface area contributed by atoms with Gasteiger partial charge < -0.3 is 80.2 Å². The molecular weight excluding hydrogens is 1490 g/mol. The number of carbonyl (C=O) groups excluding carboxylic acids is 11. The van der Waals surface area contributed by atoms with Gasteiger partial charge in [0.2, 0.25) is 41.4 Å². The number of aromatic nitrogens is 1. The lowest BCUT2D eigenvalue weighted by molar-refractivity contribution is -0.148. The maximum Gasteiger partial charge on any atom is 0.309 e. The molecular formula is C77H105N15O16S3. The molecule has 0 spiro atoms. The van der Waals surface area contributed by atoms with Gasteiger partial charge in [-0.15, -0.1) is 0 Å². The van der Waals surface area contributed by atoms with Crippen molar-refractivity contribution in [3.05, 3.63) is 132 Å². The van der Waals surface area contributed by atoms with Crippen LogP contribution in [0.1, 0.15) is 81.5 Å². The van der Waals surface area contributed by atoms with Crippen LogP contribution in [0.5, 0.6) is 5.75 Å². The number of Topliss-reactive ketones (excluding diaryl/α,β-unsaturated/α-hetero) is 4. The maximum atomic E-state index is 15.5. The Balaban J connectivity index is 1.23. The molecule has 3 heterocycles. The molecule has 31 nitrogen and oxygen atoms in total. The van der Waals surface area contributed by atoms with Crippen LogP contribution in [0.25, 0.3) is 10.9 Å². The van der Waals surface area contributed by atoms with Gasteiger partial charge in [-0.3, -0.25) is 77.1 Å². The Morgan fingerprint density at radius 2 is 1.22 bits per heavy atom. The number of fused-ring (bicyclic) bond motifs is 1. The third-order valence-corrected chi connectivity index (χ3v) is 22.3. The minimum Gasteiger partial charge on any atom is -0.508 e. The number of benzene rings is 4. The molecule has 34 heteroatoms. The van der Waals surface area contributed by atoms with Gasteiger partial charge in [0.1, 0.15) is 23.6 Å². The summed E-state index contributed by atoms with van der Waals surface area (Å²) < 4.78 is 0. The summed E-state index contributed by atoms with van der Waals surface area (Å²) in [6, 6.07) is 21.8. The standard InChI is InChI=1S/C77H105N15O16S3/c1-46(93)39-89-25-26-90(41-69(79)100)29-30-92(43-71(81)102)55(40-91(28-27-89)42-70(80)101)31-50-16-20-54(21-17-50)83-77(109)88-62(32-49-11-5-4-6-12-49)66(97)35-53-44-110-111-45-65(68(99)37-59(48(3)95)76(107)108)87-73(104)58(47(2)94)36-67(98)61(15-9-10-24-78)84-75(106)64(34-52-38-82-60-14-8-7-13-57(52)60)86-74(105)63(85-72(53)103)33-51-18-22-56(96)23-19-51/h4-8,11-14,16-23,38,47-48,53,55,58-59,61-65,82,94-96H,9-10,15,24-37,39-45,78H2,1-3H3,(H2,79,100)(H2,80,101)(H2,81,102)(H,84,106)(H,85,103)(H,86,105)(H,87,104)(H,107,108)(H2,83,88,109)/t47-,48-,53+,55+,58+,59+,61+,62-,63+,64-,65+/m1/s1. The summed E-state index contributed by atoms with van der Waals surface area (Å²) in [5.41, 5.74) is 26.9. The average molecular weight is 1590 g/mol. The number of phenols is 1. The number of thiocarbonyl (C=S) groups is 1. The van der Waals surface area contributed by atoms with Gasteiger partial charge in [-0.1, -0.05) is 94.4 Å². The first-order chi connectivity index (χ1) is 52.9. The molecule has 0 radical (unpaired) electrons. The second-order valence-electron chi connectivity index (χ2n) is 28.5. The predicted molar refractivity (Wildman–Crippen MR) is 426 cm³/mol. The number of H-pyrrole nitrogens is 1. The number of hydrogen-bond donors (Lipinski definition) is 15. The number of rotatable bonds is 31. The van der Waals surface area contributed by atoms with Crippen molar-refractivity contribution in [2.45, 2.75) is 133 Å². The molecule has 2 saturated heterocycles. The Bertz CT molecular complexity index is 4010. The molecule has 111 heavy (non-hydrogen) atoms. The molecule has 11 atom stereocenters. The van der Waals surface area contributed by atoms with Gasteiger partial charge in [0.25, 0.3) is 0 Å². The largest absolute Gasteiger partial charge is 0.508 e. The van der Waals surface area contributed by atoms with E-state index in [9.17, 15) is 58.8 Å². The number of aromatic hydroxyl groups is 1. The molecule has 1 aromatic heterocycles. The molecule has 5 aromatic rings. The number of aliphatic carboxylic acids is 1. The highest BCUT2D eigenvalue weighted by Crippen LogP contribution is 2.30. The van der Waals surface area contributed by atoms with Crippen molar-refractivity contribution in [1.29, 1.82) is 0 Å². The number of nitrogens with zero attached hydrogens (tertiary/aromatic N) is 4. The second kappa shape index (κ2) is 44.7. The van der Waals surface area contributed by atoms with Crippen LogP contribution in [0.15, 0.2) is 109 Å². The van der Waals surface area contributed by atoms with Gasteiger partial charge >= 0.3 is 5.97 Å². The van der Waals surface area contributed by atoms with Crippen LogP contribution in [-0.2, 0) is 83.2 Å². The number of carboxylic acids is 1. The zero-order valence-electron chi connectivity index (χ0n) is 62.7. The molecule has 4 aromatic carbocycles. The highest BCUT2D eigenvalue weighted by molar-refractivity contribution is 8.76. The number of amides is 7. The van der Waals surface area contributed by atoms with E-state index in [-0.39, 0.29) is 99.6 Å². The zero-order valence-corrected chi connectivity index (χ0v) is 65.2. The fourth-order valence-electron chi connectivity index (χ4n) is 13.4. The maximum absolute atomic E-state index is 15.5. The first-order valence-electron chi connectivity index (χ1n) is 37.0. The van der Waals surface area contributed by atoms with Crippen LogP contribution < -0.4 is 54.8 Å². The van der Waals surface area contributed by atoms with Crippen molar-refractivity contribution in [2.75, 3.05) is 95.4 Å². The van der Waals surface area contributed by atoms with E-state index < -0.39 is 150 Å². The van der Waals surface area contributed by atoms with Gasteiger partial charge in [0, 0.05) is 118 Å². The quantitative estimate of drug-likeness (QED) is 0.0163. The number of nitrogens with two attached hydrogens (primary N) is 4. The van der Waals surface area contributed by atoms with Crippen molar-refractivity contribution in [2.24, 2.45) is 40.7 Å². The number of nitrogens with one attached hydrogen (secondary N) is 7. The summed E-state index contributed by atoms with van der Waals surface area (Å²) in [6.45, 7) is 6.22. The minimum atomic E-state index is -1.61. The van der Waals surface area contributed by atoms with E-state index in [1.54, 1.807) is 66.9 Å². The Hall–Kier alpha value is -9.23. The Morgan fingerprint density at radius 1 is 0.640 bits per heavy atom. The lowest BCUT2D eigenvalue weighted by Crippen LogP contribution is -2.57. The number of para-hydroxylation sites is 1. The van der Waals surface area contributed by atoms with Crippen molar-refractivity contribution in [1.82, 2.24) is 51.2 Å². The number of carboxylic acid groups (broad SMARTS) is 1. The van der Waals surface area contributed by atoms with E-state index in [0.29, 0.717) is 85.3 Å². The molecule has 0 bridgehead atoms. The van der Waals surface area contributed by atoms with Crippen molar-refractivity contribution >= 4 is 126 Å². The fourth-order valence-corrected chi connectivity index (χ4v) is 16.2. The van der Waals surface area contributed by atoms with Crippen LogP contribution in [0.3, 0.4) is 0 Å². The summed E-state index contributed by atoms with van der Waals surface area (Å²) in [7, 11) is 1.97. The minimum absolute atomic E-state index is 0.00424. The predicted octanol–water partition coefficient (Wildman–Crippen LogP) is 0.470. The first kappa shape index (κ1) is 89.0. The first-order valence-corrected chi connectivity index (χ1v) is 39.9. The number of carbonyl (C=O) groups is 12. The van der Waals surface area contributed by atoms with E-state index in [1.807, 2.05) is 49.9 Å². The van der Waals surface area contributed by atoms with Crippen molar-refractivity contribution < 1.29 is 78.0 Å². The summed E-state index contributed by atoms with van der Waals surface area (Å²) in [6.07, 6.45) is -2.60. The van der Waals surface area contributed by atoms with Crippen LogP contribution in [0, 0.1) is 17.8 Å². The fraction of sp³-hybridized carbons (Fsp3) is 0.494. The van der Waals surface area contributed by atoms with Crippen molar-refractivity contribution in [3.8, 4) is 5.75 Å². The Morgan fingerprint density at radius 3 is 1.85 bits per heavy atom. The highest BCUT2D eigenvalue weighted by atomic mass is 33.1. The molecule has 0 aliphatic carbocycles. The average Bonchev–Trinajstić information content (AvgIpc) is 1.72. The van der Waals surface area contributed by atoms with Crippen LogP contribution >= 0.6 is 33.8 Å². The highest BCUT2D eigenvalue weighted by Gasteiger charge is 2.39. The van der Waals surface area contributed by atoms with Gasteiger partial charge in [-0.05, 0) is 124 Å². The smallest absolute Gasteiger partial charge is 0.309 e. The van der Waals surface area contributed by atoms with Crippen LogP contribution in [-0.4, -0.2) is 259 Å². The van der Waals surface area contributed by atoms with Crippen molar-refractivity contribution in [3.63, 3.8) is 0 Å². The molecule has 0 saturated carbocycles. The number of ketones is 4. The van der Waals surface area contributed by atoms with E-state index in [1.165, 1.54) is 32.9 Å². The Kier molecular flexibility index (Phi) is 35.8. The second-order valence-corrected chi connectivity index (χ2v) is 31.5. The third kappa shape index (κ3) is 29.8. The zero-order chi connectivity index (χ0) is 80.8. The van der Waals surface area contributed by atoms with E-state index >= 15 is 19.2 Å². The summed E-state index contributed by atoms with van der Waals surface area (Å²) in [5.74, 6) is -13.9.